The second kappa shape index (κ2) is 5.37. The highest BCUT2D eigenvalue weighted by molar-refractivity contribution is 7.16. The molecule has 0 saturated heterocycles. The van der Waals surface area contributed by atoms with Gasteiger partial charge in [-0.05, 0) is 42.2 Å². The number of aromatic nitrogens is 1. The normalized spacial score (nSPS) is 11.2. The summed E-state index contributed by atoms with van der Waals surface area (Å²) in [6.07, 6.45) is 0. The van der Waals surface area contributed by atoms with E-state index < -0.39 is 0 Å². The molecule has 0 radical (unpaired) electrons. The molecule has 0 unspecified atom stereocenters. The number of hydrogen-bond donors (Lipinski definition) is 1. The summed E-state index contributed by atoms with van der Waals surface area (Å²) >= 11 is 1.58. The molecule has 0 spiro atoms. The first-order valence-corrected chi connectivity index (χ1v) is 7.84. The standard InChI is InChI=1S/C17H18N2OS/c1-10(2)12-5-4-11(3)8-14(12)20-13-6-7-15-17(16(13)18)19-9-21-15/h4-10H,18H2,1-3H3. The number of nitrogens with zero attached hydrogens (tertiary/aromatic N) is 1. The molecule has 1 aromatic heterocycles. The first-order chi connectivity index (χ1) is 10.1. The maximum absolute atomic E-state index is 6.19. The van der Waals surface area contributed by atoms with Crippen molar-refractivity contribution in [1.29, 1.82) is 0 Å². The van der Waals surface area contributed by atoms with Crippen LogP contribution < -0.4 is 10.5 Å². The Hall–Kier alpha value is -2.07. The van der Waals surface area contributed by atoms with Gasteiger partial charge in [-0.25, -0.2) is 4.98 Å². The number of rotatable bonds is 3. The number of benzene rings is 2. The molecule has 3 aromatic rings. The van der Waals surface area contributed by atoms with E-state index in [0.29, 0.717) is 17.4 Å². The Kier molecular flexibility index (Phi) is 3.55. The highest BCUT2D eigenvalue weighted by Gasteiger charge is 2.13. The Bertz CT molecular complexity index is 793. The molecule has 2 aromatic carbocycles. The van der Waals surface area contributed by atoms with Crippen molar-refractivity contribution < 1.29 is 4.74 Å². The van der Waals surface area contributed by atoms with Gasteiger partial charge >= 0.3 is 0 Å². The van der Waals surface area contributed by atoms with Crippen molar-refractivity contribution >= 4 is 27.2 Å². The first kappa shape index (κ1) is 13.9. The van der Waals surface area contributed by atoms with Gasteiger partial charge in [0.05, 0.1) is 10.2 Å². The summed E-state index contributed by atoms with van der Waals surface area (Å²) in [4.78, 5) is 4.31. The summed E-state index contributed by atoms with van der Waals surface area (Å²) in [5.74, 6) is 1.93. The molecule has 0 saturated carbocycles. The van der Waals surface area contributed by atoms with Crippen LogP contribution in [0.2, 0.25) is 0 Å². The molecule has 3 rings (SSSR count). The SMILES string of the molecule is Cc1ccc(C(C)C)c(Oc2ccc3scnc3c2N)c1. The van der Waals surface area contributed by atoms with Crippen LogP contribution in [0.3, 0.4) is 0 Å². The van der Waals surface area contributed by atoms with Crippen molar-refractivity contribution in [3.8, 4) is 11.5 Å². The summed E-state index contributed by atoms with van der Waals surface area (Å²) in [6.45, 7) is 6.37. The molecule has 108 valence electrons. The van der Waals surface area contributed by atoms with E-state index in [4.69, 9.17) is 10.5 Å². The molecule has 0 aliphatic heterocycles. The first-order valence-electron chi connectivity index (χ1n) is 6.96. The van der Waals surface area contributed by atoms with Gasteiger partial charge in [0.15, 0.2) is 5.75 Å². The second-order valence-electron chi connectivity index (χ2n) is 5.47. The molecule has 0 bridgehead atoms. The Labute approximate surface area is 128 Å². The van der Waals surface area contributed by atoms with Crippen LogP contribution in [0.25, 0.3) is 10.2 Å². The fraction of sp³-hybridized carbons (Fsp3) is 0.235. The Morgan fingerprint density at radius 1 is 1.14 bits per heavy atom. The maximum atomic E-state index is 6.19. The van der Waals surface area contributed by atoms with Crippen molar-refractivity contribution in [3.63, 3.8) is 0 Å². The monoisotopic (exact) mass is 298 g/mol. The fourth-order valence-corrected chi connectivity index (χ4v) is 3.04. The summed E-state index contributed by atoms with van der Waals surface area (Å²) in [6, 6.07) is 10.2. The van der Waals surface area contributed by atoms with Crippen LogP contribution in [0.15, 0.2) is 35.8 Å². The zero-order valence-corrected chi connectivity index (χ0v) is 13.2. The van der Waals surface area contributed by atoms with Gasteiger partial charge in [-0.15, -0.1) is 11.3 Å². The van der Waals surface area contributed by atoms with Crippen molar-refractivity contribution in [2.45, 2.75) is 26.7 Å². The highest BCUT2D eigenvalue weighted by Crippen LogP contribution is 2.37. The zero-order chi connectivity index (χ0) is 15.0. The van der Waals surface area contributed by atoms with Crippen LogP contribution >= 0.6 is 11.3 Å². The van der Waals surface area contributed by atoms with E-state index in [9.17, 15) is 0 Å². The number of fused-ring (bicyclic) bond motifs is 1. The third kappa shape index (κ3) is 2.59. The molecule has 21 heavy (non-hydrogen) atoms. The van der Waals surface area contributed by atoms with Crippen molar-refractivity contribution in [1.82, 2.24) is 4.98 Å². The molecule has 0 atom stereocenters. The van der Waals surface area contributed by atoms with Gasteiger partial charge in [-0.1, -0.05) is 26.0 Å². The molecule has 0 aliphatic rings. The topological polar surface area (TPSA) is 48.1 Å². The van der Waals surface area contributed by atoms with Crippen LogP contribution in [0.4, 0.5) is 5.69 Å². The number of nitrogens with two attached hydrogens (primary N) is 1. The lowest BCUT2D eigenvalue weighted by Gasteiger charge is -2.15. The highest BCUT2D eigenvalue weighted by atomic mass is 32.1. The average molecular weight is 298 g/mol. The molecule has 1 heterocycles. The van der Waals surface area contributed by atoms with Crippen molar-refractivity contribution in [2.24, 2.45) is 0 Å². The summed E-state index contributed by atoms with van der Waals surface area (Å²) in [5.41, 5.74) is 11.8. The molecule has 4 heteroatoms. The van der Waals surface area contributed by atoms with Gasteiger partial charge in [-0.3, -0.25) is 0 Å². The third-order valence-electron chi connectivity index (χ3n) is 3.51. The van der Waals surface area contributed by atoms with E-state index in [1.165, 1.54) is 11.1 Å². The predicted molar refractivity (Wildman–Crippen MR) is 89.4 cm³/mol. The fourth-order valence-electron chi connectivity index (χ4n) is 2.35. The van der Waals surface area contributed by atoms with Gasteiger partial charge in [-0.2, -0.15) is 0 Å². The Morgan fingerprint density at radius 2 is 1.95 bits per heavy atom. The summed E-state index contributed by atoms with van der Waals surface area (Å²) in [5, 5.41) is 0. The maximum Gasteiger partial charge on any atom is 0.152 e. The molecule has 0 fully saturated rings. The summed E-state index contributed by atoms with van der Waals surface area (Å²) in [7, 11) is 0. The van der Waals surface area contributed by atoms with Gasteiger partial charge < -0.3 is 10.5 Å². The van der Waals surface area contributed by atoms with Gasteiger partial charge in [0.25, 0.3) is 0 Å². The molecule has 3 nitrogen and oxygen atoms in total. The Morgan fingerprint density at radius 3 is 2.71 bits per heavy atom. The number of nitrogen functional groups attached to an aromatic ring is 1. The Balaban J connectivity index is 2.06. The lowest BCUT2D eigenvalue weighted by Crippen LogP contribution is -1.97. The molecular formula is C17H18N2OS. The predicted octanol–water partition coefficient (Wildman–Crippen LogP) is 5.10. The van der Waals surface area contributed by atoms with E-state index in [1.54, 1.807) is 16.8 Å². The van der Waals surface area contributed by atoms with Crippen LogP contribution in [0.1, 0.15) is 30.9 Å². The van der Waals surface area contributed by atoms with Crippen molar-refractivity contribution in [3.05, 3.63) is 47.0 Å². The average Bonchev–Trinajstić information content (AvgIpc) is 2.91. The molecule has 0 aliphatic carbocycles. The van der Waals surface area contributed by atoms with E-state index in [-0.39, 0.29) is 0 Å². The zero-order valence-electron chi connectivity index (χ0n) is 12.4. The van der Waals surface area contributed by atoms with Crippen LogP contribution in [-0.4, -0.2) is 4.98 Å². The lowest BCUT2D eigenvalue weighted by molar-refractivity contribution is 0.475. The number of aryl methyl sites for hydroxylation is 1. The number of ether oxygens (including phenoxy) is 1. The quantitative estimate of drug-likeness (QED) is 0.684. The minimum Gasteiger partial charge on any atom is -0.455 e. The molecule has 2 N–H and O–H groups in total. The largest absolute Gasteiger partial charge is 0.455 e. The molecular weight excluding hydrogens is 280 g/mol. The minimum atomic E-state index is 0.393. The van der Waals surface area contributed by atoms with Crippen LogP contribution in [-0.2, 0) is 0 Å². The second-order valence-corrected chi connectivity index (χ2v) is 6.36. The minimum absolute atomic E-state index is 0.393. The number of anilines is 1. The van der Waals surface area contributed by atoms with Gasteiger partial charge in [0.1, 0.15) is 17.0 Å². The van der Waals surface area contributed by atoms with E-state index >= 15 is 0 Å². The lowest BCUT2D eigenvalue weighted by atomic mass is 10.0. The van der Waals surface area contributed by atoms with E-state index in [1.807, 2.05) is 12.1 Å². The van der Waals surface area contributed by atoms with Crippen LogP contribution in [0, 0.1) is 6.92 Å². The number of hydrogen-bond acceptors (Lipinski definition) is 4. The van der Waals surface area contributed by atoms with Gasteiger partial charge in [0.2, 0.25) is 0 Å². The third-order valence-corrected chi connectivity index (χ3v) is 4.31. The number of thiazole rings is 1. The van der Waals surface area contributed by atoms with Crippen LogP contribution in [0.5, 0.6) is 11.5 Å². The van der Waals surface area contributed by atoms with E-state index in [2.05, 4.69) is 44.0 Å². The summed E-state index contributed by atoms with van der Waals surface area (Å²) < 4.78 is 7.18. The van der Waals surface area contributed by atoms with E-state index in [0.717, 1.165) is 16.0 Å². The van der Waals surface area contributed by atoms with Crippen molar-refractivity contribution in [2.75, 3.05) is 5.73 Å². The molecule has 0 amide bonds. The van der Waals surface area contributed by atoms with Gasteiger partial charge in [0, 0.05) is 0 Å². The smallest absolute Gasteiger partial charge is 0.152 e.